The first kappa shape index (κ1) is 18.2. The van der Waals surface area contributed by atoms with E-state index in [4.69, 9.17) is 0 Å². The third-order valence-electron chi connectivity index (χ3n) is 4.56. The van der Waals surface area contributed by atoms with E-state index < -0.39 is 10.0 Å². The molecule has 5 nitrogen and oxygen atoms in total. The Hall–Kier alpha value is -2.16. The first-order valence-electron chi connectivity index (χ1n) is 8.54. The Morgan fingerprint density at radius 3 is 2.78 bits per heavy atom. The SMILES string of the molecule is O=C(c1cccc(NS(=O)(=O)c2cccs2)c1)N1CCC[C@H]1c1ccsc1. The van der Waals surface area contributed by atoms with Gasteiger partial charge in [0.1, 0.15) is 4.21 Å². The summed E-state index contributed by atoms with van der Waals surface area (Å²) in [4.78, 5) is 14.9. The van der Waals surface area contributed by atoms with Crippen LogP contribution in [-0.4, -0.2) is 25.8 Å². The minimum absolute atomic E-state index is 0.0686. The zero-order valence-electron chi connectivity index (χ0n) is 14.4. The molecule has 3 aromatic rings. The smallest absolute Gasteiger partial charge is 0.271 e. The summed E-state index contributed by atoms with van der Waals surface area (Å²) in [6.07, 6.45) is 1.92. The minimum atomic E-state index is -3.63. The van der Waals surface area contributed by atoms with Gasteiger partial charge >= 0.3 is 0 Å². The summed E-state index contributed by atoms with van der Waals surface area (Å²) < 4.78 is 27.6. The number of nitrogens with zero attached hydrogens (tertiary/aromatic N) is 1. The molecule has 1 aliphatic rings. The maximum Gasteiger partial charge on any atom is 0.271 e. The second-order valence-corrected chi connectivity index (χ2v) is 9.97. The summed E-state index contributed by atoms with van der Waals surface area (Å²) in [5.74, 6) is -0.0686. The van der Waals surface area contributed by atoms with Gasteiger partial charge in [-0.2, -0.15) is 11.3 Å². The van der Waals surface area contributed by atoms with E-state index in [1.54, 1.807) is 53.1 Å². The number of sulfonamides is 1. The molecule has 0 spiro atoms. The van der Waals surface area contributed by atoms with Crippen molar-refractivity contribution in [2.45, 2.75) is 23.1 Å². The third-order valence-corrected chi connectivity index (χ3v) is 8.04. The zero-order chi connectivity index (χ0) is 18.9. The fraction of sp³-hybridized carbons (Fsp3) is 0.211. The highest BCUT2D eigenvalue weighted by molar-refractivity contribution is 7.94. The summed E-state index contributed by atoms with van der Waals surface area (Å²) >= 11 is 2.78. The van der Waals surface area contributed by atoms with Crippen molar-refractivity contribution in [2.75, 3.05) is 11.3 Å². The van der Waals surface area contributed by atoms with Crippen molar-refractivity contribution in [3.8, 4) is 0 Å². The highest BCUT2D eigenvalue weighted by Crippen LogP contribution is 2.34. The largest absolute Gasteiger partial charge is 0.332 e. The highest BCUT2D eigenvalue weighted by atomic mass is 32.2. The predicted molar refractivity (Wildman–Crippen MR) is 109 cm³/mol. The summed E-state index contributed by atoms with van der Waals surface area (Å²) in [5.41, 5.74) is 2.05. The van der Waals surface area contributed by atoms with Gasteiger partial charge in [-0.1, -0.05) is 12.1 Å². The molecular weight excluding hydrogens is 400 g/mol. The van der Waals surface area contributed by atoms with Crippen LogP contribution in [0.2, 0.25) is 0 Å². The van der Waals surface area contributed by atoms with E-state index in [2.05, 4.69) is 16.2 Å². The van der Waals surface area contributed by atoms with Gasteiger partial charge in [0.05, 0.1) is 6.04 Å². The molecule has 27 heavy (non-hydrogen) atoms. The monoisotopic (exact) mass is 418 g/mol. The van der Waals surface area contributed by atoms with Crippen LogP contribution in [0.4, 0.5) is 5.69 Å². The number of carbonyl (C=O) groups is 1. The average molecular weight is 419 g/mol. The Balaban J connectivity index is 1.56. The number of nitrogens with one attached hydrogen (secondary N) is 1. The Labute approximate surface area is 166 Å². The van der Waals surface area contributed by atoms with Crippen molar-refractivity contribution in [1.82, 2.24) is 4.90 Å². The molecule has 3 heterocycles. The quantitative estimate of drug-likeness (QED) is 0.659. The number of rotatable bonds is 5. The highest BCUT2D eigenvalue weighted by Gasteiger charge is 2.31. The maximum atomic E-state index is 13.1. The molecule has 0 bridgehead atoms. The fourth-order valence-electron chi connectivity index (χ4n) is 3.32. The number of anilines is 1. The van der Waals surface area contributed by atoms with Gasteiger partial charge < -0.3 is 4.90 Å². The molecule has 1 fully saturated rings. The molecule has 0 radical (unpaired) electrons. The maximum absolute atomic E-state index is 13.1. The molecule has 4 rings (SSSR count). The lowest BCUT2D eigenvalue weighted by atomic mass is 10.1. The number of amides is 1. The van der Waals surface area contributed by atoms with Crippen LogP contribution in [0.1, 0.15) is 34.8 Å². The third kappa shape index (κ3) is 3.78. The summed E-state index contributed by atoms with van der Waals surface area (Å²) in [6, 6.07) is 12.1. The Morgan fingerprint density at radius 2 is 2.04 bits per heavy atom. The van der Waals surface area contributed by atoms with Crippen molar-refractivity contribution in [3.05, 3.63) is 69.7 Å². The van der Waals surface area contributed by atoms with Crippen molar-refractivity contribution in [1.29, 1.82) is 0 Å². The predicted octanol–water partition coefficient (Wildman–Crippen LogP) is 4.59. The van der Waals surface area contributed by atoms with Crippen LogP contribution in [0.3, 0.4) is 0 Å². The van der Waals surface area contributed by atoms with Crippen LogP contribution in [0.25, 0.3) is 0 Å². The number of carbonyl (C=O) groups excluding carboxylic acids is 1. The number of hydrogen-bond donors (Lipinski definition) is 1. The fourth-order valence-corrected chi connectivity index (χ4v) is 6.07. The van der Waals surface area contributed by atoms with Crippen LogP contribution in [0.15, 0.2) is 62.8 Å². The van der Waals surface area contributed by atoms with Gasteiger partial charge in [0.2, 0.25) is 0 Å². The molecule has 0 aliphatic carbocycles. The lowest BCUT2D eigenvalue weighted by molar-refractivity contribution is 0.0736. The van der Waals surface area contributed by atoms with Gasteiger partial charge in [0, 0.05) is 17.8 Å². The van der Waals surface area contributed by atoms with Crippen LogP contribution < -0.4 is 4.72 Å². The van der Waals surface area contributed by atoms with Gasteiger partial charge in [0.25, 0.3) is 15.9 Å². The van der Waals surface area contributed by atoms with E-state index in [0.29, 0.717) is 17.8 Å². The number of benzene rings is 1. The Morgan fingerprint density at radius 1 is 1.15 bits per heavy atom. The number of thiophene rings is 2. The van der Waals surface area contributed by atoms with Gasteiger partial charge in [-0.25, -0.2) is 8.42 Å². The standard InChI is InChI=1S/C19H18N2O3S3/c22-19(21-9-2-6-17(21)15-8-11-25-13-15)14-4-1-5-16(12-14)20-27(23,24)18-7-3-10-26-18/h1,3-5,7-8,10-13,17,20H,2,6,9H2/t17-/m0/s1. The molecule has 1 atom stereocenters. The lowest BCUT2D eigenvalue weighted by Gasteiger charge is -2.24. The van der Waals surface area contributed by atoms with E-state index in [1.807, 2.05) is 10.3 Å². The lowest BCUT2D eigenvalue weighted by Crippen LogP contribution is -2.30. The molecule has 0 unspecified atom stereocenters. The first-order chi connectivity index (χ1) is 13.0. The molecule has 0 saturated carbocycles. The van der Waals surface area contributed by atoms with E-state index in [-0.39, 0.29) is 16.2 Å². The second-order valence-electron chi connectivity index (χ2n) is 6.33. The molecule has 140 valence electrons. The van der Waals surface area contributed by atoms with Crippen LogP contribution in [0, 0.1) is 0 Å². The van der Waals surface area contributed by atoms with Gasteiger partial charge in [-0.3, -0.25) is 9.52 Å². The van der Waals surface area contributed by atoms with E-state index >= 15 is 0 Å². The zero-order valence-corrected chi connectivity index (χ0v) is 16.8. The van der Waals surface area contributed by atoms with Gasteiger partial charge in [-0.15, -0.1) is 11.3 Å². The average Bonchev–Trinajstić information content (AvgIpc) is 3.43. The van der Waals surface area contributed by atoms with Crippen molar-refractivity contribution in [3.63, 3.8) is 0 Å². The van der Waals surface area contributed by atoms with Crippen molar-refractivity contribution < 1.29 is 13.2 Å². The summed E-state index contributed by atoms with van der Waals surface area (Å²) in [5, 5.41) is 5.82. The van der Waals surface area contributed by atoms with Gasteiger partial charge in [0.15, 0.2) is 0 Å². The summed E-state index contributed by atoms with van der Waals surface area (Å²) in [6.45, 7) is 0.713. The van der Waals surface area contributed by atoms with E-state index in [0.717, 1.165) is 24.2 Å². The number of hydrogen-bond acceptors (Lipinski definition) is 5. The molecule has 1 aromatic carbocycles. The second kappa shape index (κ2) is 7.46. The number of likely N-dealkylation sites (tertiary alicyclic amines) is 1. The molecule has 2 aromatic heterocycles. The molecule has 1 saturated heterocycles. The van der Waals surface area contributed by atoms with E-state index in [1.165, 1.54) is 5.56 Å². The Kier molecular flexibility index (Phi) is 5.03. The molecule has 8 heteroatoms. The summed E-state index contributed by atoms with van der Waals surface area (Å²) in [7, 11) is -3.63. The van der Waals surface area contributed by atoms with Crippen LogP contribution in [0.5, 0.6) is 0 Å². The van der Waals surface area contributed by atoms with Crippen LogP contribution in [-0.2, 0) is 10.0 Å². The van der Waals surface area contributed by atoms with Crippen molar-refractivity contribution >= 4 is 44.3 Å². The van der Waals surface area contributed by atoms with Crippen LogP contribution >= 0.6 is 22.7 Å². The first-order valence-corrected chi connectivity index (χ1v) is 11.8. The molecule has 1 N–H and O–H groups in total. The molecule has 1 amide bonds. The topological polar surface area (TPSA) is 66.5 Å². The van der Waals surface area contributed by atoms with Crippen molar-refractivity contribution in [2.24, 2.45) is 0 Å². The normalized spacial score (nSPS) is 17.2. The van der Waals surface area contributed by atoms with Gasteiger partial charge in [-0.05, 0) is 64.9 Å². The molecular formula is C19H18N2O3S3. The minimum Gasteiger partial charge on any atom is -0.332 e. The Bertz CT molecular complexity index is 1030. The van der Waals surface area contributed by atoms with E-state index in [9.17, 15) is 13.2 Å². The molecule has 1 aliphatic heterocycles.